The average Bonchev–Trinajstić information content (AvgIpc) is 3.47. The largest absolute Gasteiger partial charge is 0.484 e. The summed E-state index contributed by atoms with van der Waals surface area (Å²) in [5.74, 6) is 1.42. The molecule has 0 aliphatic rings. The third kappa shape index (κ3) is 6.39. The molecule has 0 spiro atoms. The van der Waals surface area contributed by atoms with Crippen molar-refractivity contribution in [2.45, 2.75) is 44.9 Å². The molecule has 8 nitrogen and oxygen atoms in total. The second kappa shape index (κ2) is 10.6. The molecule has 0 radical (unpaired) electrons. The first kappa shape index (κ1) is 22.9. The highest BCUT2D eigenvalue weighted by Gasteiger charge is 2.15. The zero-order chi connectivity index (χ0) is 23.2. The standard InChI is InChI=1S/C23H23N5O3S2/c1-14-5-8-17(9-6-14)11-24-21(29)22-27-26-20(33-22)13-32-23-28-25-19(31-23)12-30-18-10-15(2)4-7-16(18)3/h4-10H,11-13H2,1-3H3,(H,24,29). The van der Waals surface area contributed by atoms with E-state index in [4.69, 9.17) is 9.15 Å². The number of aryl methyl sites for hydroxylation is 3. The van der Waals surface area contributed by atoms with Crippen LogP contribution >= 0.6 is 23.1 Å². The number of amides is 1. The van der Waals surface area contributed by atoms with E-state index in [1.54, 1.807) is 0 Å². The summed E-state index contributed by atoms with van der Waals surface area (Å²) in [5.41, 5.74) is 4.38. The summed E-state index contributed by atoms with van der Waals surface area (Å²) in [6.45, 7) is 6.67. The van der Waals surface area contributed by atoms with Gasteiger partial charge < -0.3 is 14.5 Å². The highest BCUT2D eigenvalue weighted by atomic mass is 32.2. The summed E-state index contributed by atoms with van der Waals surface area (Å²) in [6.07, 6.45) is 0. The number of thioether (sulfide) groups is 1. The van der Waals surface area contributed by atoms with Crippen LogP contribution < -0.4 is 10.1 Å². The zero-order valence-electron chi connectivity index (χ0n) is 18.5. The van der Waals surface area contributed by atoms with E-state index in [9.17, 15) is 4.79 Å². The lowest BCUT2D eigenvalue weighted by Crippen LogP contribution is -2.22. The highest BCUT2D eigenvalue weighted by molar-refractivity contribution is 7.98. The molecule has 0 fully saturated rings. The van der Waals surface area contributed by atoms with Crippen LogP contribution in [0.3, 0.4) is 0 Å². The van der Waals surface area contributed by atoms with Crippen molar-refractivity contribution in [3.8, 4) is 5.75 Å². The van der Waals surface area contributed by atoms with Crippen molar-refractivity contribution in [3.63, 3.8) is 0 Å². The third-order valence-corrected chi connectivity index (χ3v) is 6.63. The Morgan fingerprint density at radius 2 is 1.82 bits per heavy atom. The molecule has 0 bridgehead atoms. The van der Waals surface area contributed by atoms with Crippen LogP contribution in [-0.4, -0.2) is 26.3 Å². The second-order valence-electron chi connectivity index (χ2n) is 7.48. The third-order valence-electron chi connectivity index (χ3n) is 4.70. The second-order valence-corrected chi connectivity index (χ2v) is 9.47. The van der Waals surface area contributed by atoms with Crippen molar-refractivity contribution in [3.05, 3.63) is 80.6 Å². The Labute approximate surface area is 199 Å². The Morgan fingerprint density at radius 3 is 2.64 bits per heavy atom. The molecular weight excluding hydrogens is 458 g/mol. The summed E-state index contributed by atoms with van der Waals surface area (Å²) in [5, 5.41) is 20.5. The Morgan fingerprint density at radius 1 is 1.03 bits per heavy atom. The number of aromatic nitrogens is 4. The average molecular weight is 482 g/mol. The van der Waals surface area contributed by atoms with Crippen LogP contribution in [0.25, 0.3) is 0 Å². The van der Waals surface area contributed by atoms with Gasteiger partial charge in [0, 0.05) is 6.54 Å². The Hall–Kier alpha value is -3.24. The molecule has 0 saturated heterocycles. The van der Waals surface area contributed by atoms with Gasteiger partial charge in [0.25, 0.3) is 17.0 Å². The fraction of sp³-hybridized carbons (Fsp3) is 0.261. The van der Waals surface area contributed by atoms with E-state index >= 15 is 0 Å². The van der Waals surface area contributed by atoms with Gasteiger partial charge in [-0.1, -0.05) is 65.1 Å². The maximum absolute atomic E-state index is 12.3. The van der Waals surface area contributed by atoms with E-state index in [2.05, 4.69) is 25.7 Å². The fourth-order valence-electron chi connectivity index (χ4n) is 2.85. The minimum atomic E-state index is -0.243. The van der Waals surface area contributed by atoms with Crippen molar-refractivity contribution in [2.24, 2.45) is 0 Å². The number of hydrogen-bond donors (Lipinski definition) is 1. The van der Waals surface area contributed by atoms with Crippen molar-refractivity contribution in [1.29, 1.82) is 0 Å². The number of ether oxygens (including phenoxy) is 1. The van der Waals surface area contributed by atoms with Gasteiger partial charge in [-0.05, 0) is 43.5 Å². The molecule has 2 aromatic carbocycles. The van der Waals surface area contributed by atoms with E-state index in [1.807, 2.05) is 63.2 Å². The Bertz CT molecular complexity index is 1240. The molecule has 10 heteroatoms. The molecule has 4 rings (SSSR count). The maximum atomic E-state index is 12.3. The molecule has 1 amide bonds. The summed E-state index contributed by atoms with van der Waals surface area (Å²) in [7, 11) is 0. The summed E-state index contributed by atoms with van der Waals surface area (Å²) in [6, 6.07) is 14.0. The molecule has 0 atom stereocenters. The number of carbonyl (C=O) groups excluding carboxylic acids is 1. The van der Waals surface area contributed by atoms with Crippen LogP contribution in [0, 0.1) is 20.8 Å². The van der Waals surface area contributed by atoms with Crippen molar-refractivity contribution < 1.29 is 13.9 Å². The minimum Gasteiger partial charge on any atom is -0.484 e. The first-order chi connectivity index (χ1) is 16.0. The molecule has 2 aromatic heterocycles. The first-order valence-corrected chi connectivity index (χ1v) is 12.1. The SMILES string of the molecule is Cc1ccc(CNC(=O)c2nnc(CSc3nnc(COc4cc(C)ccc4C)o3)s2)cc1. The molecule has 0 saturated carbocycles. The smallest absolute Gasteiger partial charge is 0.282 e. The highest BCUT2D eigenvalue weighted by Crippen LogP contribution is 2.25. The molecule has 1 N–H and O–H groups in total. The molecule has 2 heterocycles. The maximum Gasteiger partial charge on any atom is 0.282 e. The lowest BCUT2D eigenvalue weighted by Gasteiger charge is -2.07. The first-order valence-electron chi connectivity index (χ1n) is 10.3. The van der Waals surface area contributed by atoms with Gasteiger partial charge in [0.1, 0.15) is 10.8 Å². The van der Waals surface area contributed by atoms with Crippen molar-refractivity contribution in [2.75, 3.05) is 0 Å². The van der Waals surface area contributed by atoms with Gasteiger partial charge in [-0.25, -0.2) is 0 Å². The van der Waals surface area contributed by atoms with E-state index < -0.39 is 0 Å². The van der Waals surface area contributed by atoms with Gasteiger partial charge in [0.05, 0.1) is 5.75 Å². The summed E-state index contributed by atoms with van der Waals surface area (Å²) >= 11 is 2.58. The van der Waals surface area contributed by atoms with Gasteiger partial charge in [0.2, 0.25) is 5.01 Å². The van der Waals surface area contributed by atoms with E-state index in [-0.39, 0.29) is 12.5 Å². The summed E-state index contributed by atoms with van der Waals surface area (Å²) in [4.78, 5) is 12.3. The van der Waals surface area contributed by atoms with Crippen molar-refractivity contribution in [1.82, 2.24) is 25.7 Å². The monoisotopic (exact) mass is 481 g/mol. The molecule has 0 unspecified atom stereocenters. The van der Waals surface area contributed by atoms with Gasteiger partial charge in [0.15, 0.2) is 6.61 Å². The summed E-state index contributed by atoms with van der Waals surface area (Å²) < 4.78 is 11.4. The quantitative estimate of drug-likeness (QED) is 0.345. The topological polar surface area (TPSA) is 103 Å². The number of hydrogen-bond acceptors (Lipinski definition) is 9. The molecule has 4 aromatic rings. The van der Waals surface area contributed by atoms with E-state index in [1.165, 1.54) is 28.7 Å². The van der Waals surface area contributed by atoms with Gasteiger partial charge >= 0.3 is 0 Å². The number of rotatable bonds is 9. The van der Waals surface area contributed by atoms with Crippen LogP contribution in [0.4, 0.5) is 0 Å². The molecule has 0 aliphatic heterocycles. The lowest BCUT2D eigenvalue weighted by atomic mass is 10.1. The Kier molecular flexibility index (Phi) is 7.36. The zero-order valence-corrected chi connectivity index (χ0v) is 20.1. The van der Waals surface area contributed by atoms with Crippen molar-refractivity contribution >= 4 is 29.0 Å². The fourth-order valence-corrected chi connectivity index (χ4v) is 4.37. The number of benzene rings is 2. The molecule has 170 valence electrons. The number of nitrogens with one attached hydrogen (secondary N) is 1. The predicted molar refractivity (Wildman–Crippen MR) is 126 cm³/mol. The predicted octanol–water partition coefficient (Wildman–Crippen LogP) is 4.65. The lowest BCUT2D eigenvalue weighted by molar-refractivity contribution is 0.0950. The van der Waals surface area contributed by atoms with Crippen LogP contribution in [0.5, 0.6) is 5.75 Å². The normalized spacial score (nSPS) is 10.9. The van der Waals surface area contributed by atoms with Gasteiger partial charge in [-0.15, -0.1) is 20.4 Å². The van der Waals surface area contributed by atoms with Gasteiger partial charge in [-0.3, -0.25) is 4.79 Å². The molecular formula is C23H23N5O3S2. The van der Waals surface area contributed by atoms with E-state index in [0.29, 0.717) is 33.4 Å². The van der Waals surface area contributed by atoms with Crippen LogP contribution in [-0.2, 0) is 18.9 Å². The van der Waals surface area contributed by atoms with E-state index in [0.717, 1.165) is 22.4 Å². The minimum absolute atomic E-state index is 0.196. The Balaban J connectivity index is 1.25. The van der Waals surface area contributed by atoms with Crippen LogP contribution in [0.2, 0.25) is 0 Å². The number of nitrogens with zero attached hydrogens (tertiary/aromatic N) is 4. The molecule has 0 aliphatic carbocycles. The van der Waals surface area contributed by atoms with Crippen LogP contribution in [0.1, 0.15) is 43.0 Å². The molecule has 33 heavy (non-hydrogen) atoms. The number of carbonyl (C=O) groups is 1. The van der Waals surface area contributed by atoms with Gasteiger partial charge in [-0.2, -0.15) is 0 Å². The van der Waals surface area contributed by atoms with Crippen LogP contribution in [0.15, 0.2) is 52.1 Å².